The Hall–Kier alpha value is 0.223. The second-order valence-corrected chi connectivity index (χ2v) is 0.569. The average Bonchev–Trinajstić information content (AvgIpc) is 1.41. The van der Waals surface area contributed by atoms with E-state index < -0.39 is 0 Å². The quantitative estimate of drug-likeness (QED) is 0.416. The summed E-state index contributed by atoms with van der Waals surface area (Å²) in [5.41, 5.74) is 0. The minimum Gasteiger partial charge on any atom is -0.303 e. The van der Waals surface area contributed by atoms with Crippen LogP contribution in [-0.2, 0) is 35.8 Å². The summed E-state index contributed by atoms with van der Waals surface area (Å²) in [5, 5.41) is 0. The zero-order valence-corrected chi connectivity index (χ0v) is 5.64. The van der Waals surface area contributed by atoms with Crippen LogP contribution in [0.25, 0.3) is 0 Å². The summed E-state index contributed by atoms with van der Waals surface area (Å²) >= 11 is 0. The fourth-order valence-corrected chi connectivity index (χ4v) is 0.0393. The Kier molecular flexibility index (Phi) is 14.2. The molecule has 0 aromatic carbocycles. The predicted octanol–water partition coefficient (Wildman–Crippen LogP) is -0.228. The van der Waals surface area contributed by atoms with Crippen LogP contribution < -0.4 is 0 Å². The van der Waals surface area contributed by atoms with E-state index in [1.165, 1.54) is 0 Å². The predicted molar refractivity (Wildman–Crippen MR) is 16.7 cm³/mol. The molecule has 0 aliphatic carbocycles. The van der Waals surface area contributed by atoms with Crippen LogP contribution in [0.4, 0.5) is 0 Å². The Bertz CT molecular complexity index is 38.1. The number of carbonyl (C=O) groups excluding carboxylic acids is 2. The molecule has 0 N–H and O–H groups in total. The molecule has 0 bridgehead atoms. The fourth-order valence-electron chi connectivity index (χ4n) is 0.0393. The first kappa shape index (κ1) is 9.52. The van der Waals surface area contributed by atoms with Crippen molar-refractivity contribution in [2.75, 3.05) is 0 Å². The van der Waals surface area contributed by atoms with Crippen molar-refractivity contribution in [2.24, 2.45) is 0 Å². The molecular weight excluding hydrogens is 159 g/mol. The van der Waals surface area contributed by atoms with Crippen molar-refractivity contribution >= 4 is 12.6 Å². The zero-order valence-electron chi connectivity index (χ0n) is 3.18. The van der Waals surface area contributed by atoms with E-state index in [1.54, 1.807) is 0 Å². The van der Waals surface area contributed by atoms with Gasteiger partial charge in [0, 0.05) is 26.2 Å². The van der Waals surface area contributed by atoms with Crippen LogP contribution in [0.5, 0.6) is 0 Å². The van der Waals surface area contributed by atoms with Gasteiger partial charge in [0.15, 0.2) is 0 Å². The van der Waals surface area contributed by atoms with Gasteiger partial charge in [0.05, 0.1) is 6.42 Å². The van der Waals surface area contributed by atoms with Gasteiger partial charge in [-0.3, -0.25) is 0 Å². The second kappa shape index (κ2) is 8.97. The molecule has 0 radical (unpaired) electrons. The first-order valence-corrected chi connectivity index (χ1v) is 1.29. The van der Waals surface area contributed by atoms with E-state index in [0.29, 0.717) is 12.6 Å². The maximum Gasteiger partial charge on any atom is 0.127 e. The molecule has 0 aromatic rings. The molecule has 0 unspecified atom stereocenters. The molecule has 0 aliphatic rings. The van der Waals surface area contributed by atoms with Crippen LogP contribution in [0.1, 0.15) is 6.42 Å². The molecule has 0 aromatic heterocycles. The number of carbonyl (C=O) groups is 2. The molecule has 0 spiro atoms. The molecule has 0 saturated carbocycles. The number of rotatable bonds is 2. The van der Waals surface area contributed by atoms with Crippen molar-refractivity contribution in [3.8, 4) is 0 Å². The van der Waals surface area contributed by atoms with E-state index in [9.17, 15) is 9.59 Å². The maximum atomic E-state index is 9.17. The van der Waals surface area contributed by atoms with Crippen LogP contribution in [0.3, 0.4) is 0 Å². The summed E-state index contributed by atoms with van der Waals surface area (Å²) in [6.07, 6.45) is 1.15. The third-order valence-electron chi connectivity index (χ3n) is 0.192. The Morgan fingerprint density at radius 2 is 1.50 bits per heavy atom. The molecule has 0 amide bonds. The molecule has 3 heteroatoms. The number of aldehydes is 2. The number of hydrogen-bond acceptors (Lipinski definition) is 2. The van der Waals surface area contributed by atoms with Gasteiger partial charge >= 0.3 is 0 Å². The fraction of sp³-hybridized carbons (Fsp3) is 0.333. The van der Waals surface area contributed by atoms with Crippen molar-refractivity contribution in [1.82, 2.24) is 0 Å². The van der Waals surface area contributed by atoms with Crippen molar-refractivity contribution in [3.05, 3.63) is 0 Å². The van der Waals surface area contributed by atoms with Crippen LogP contribution in [-0.4, -0.2) is 12.6 Å². The largest absolute Gasteiger partial charge is 0.303 e. The van der Waals surface area contributed by atoms with Crippen LogP contribution in [0.15, 0.2) is 0 Å². The Morgan fingerprint density at radius 3 is 1.50 bits per heavy atom. The van der Waals surface area contributed by atoms with E-state index in [4.69, 9.17) is 0 Å². The van der Waals surface area contributed by atoms with Crippen LogP contribution in [0.2, 0.25) is 0 Å². The molecule has 32 valence electrons. The van der Waals surface area contributed by atoms with E-state index in [0.717, 1.165) is 0 Å². The maximum absolute atomic E-state index is 9.17. The summed E-state index contributed by atoms with van der Waals surface area (Å²) in [7, 11) is 0. The van der Waals surface area contributed by atoms with Crippen molar-refractivity contribution in [1.29, 1.82) is 0 Å². The normalized spacial score (nSPS) is 5.33. The monoisotopic (exact) mass is 162 g/mol. The van der Waals surface area contributed by atoms with Gasteiger partial charge in [-0.2, -0.15) is 0 Å². The Morgan fingerprint density at radius 1 is 1.17 bits per heavy atom. The van der Waals surface area contributed by atoms with Gasteiger partial charge in [-0.1, -0.05) is 0 Å². The molecule has 0 saturated heterocycles. The van der Waals surface area contributed by atoms with Crippen molar-refractivity contribution in [3.63, 3.8) is 0 Å². The second-order valence-electron chi connectivity index (χ2n) is 0.569. The van der Waals surface area contributed by atoms with Crippen LogP contribution in [0, 0.1) is 0 Å². The first-order chi connectivity index (χ1) is 2.41. The SMILES string of the molecule is O=CCC=O.[Zr]. The smallest absolute Gasteiger partial charge is 0.127 e. The summed E-state index contributed by atoms with van der Waals surface area (Å²) in [4.78, 5) is 18.3. The molecular formula is C3H4O2Zr. The molecule has 0 rings (SSSR count). The van der Waals surface area contributed by atoms with Gasteiger partial charge < -0.3 is 9.59 Å². The summed E-state index contributed by atoms with van der Waals surface area (Å²) < 4.78 is 0. The standard InChI is InChI=1S/C3H4O2.Zr/c4-2-1-3-5;/h2-3H,1H2;. The van der Waals surface area contributed by atoms with Crippen LogP contribution >= 0.6 is 0 Å². The van der Waals surface area contributed by atoms with E-state index in [1.807, 2.05) is 0 Å². The molecule has 2 nitrogen and oxygen atoms in total. The minimum absolute atomic E-state index is 0. The molecule has 0 fully saturated rings. The van der Waals surface area contributed by atoms with E-state index >= 15 is 0 Å². The van der Waals surface area contributed by atoms with Gasteiger partial charge in [0.25, 0.3) is 0 Å². The molecule has 6 heavy (non-hydrogen) atoms. The van der Waals surface area contributed by atoms with Gasteiger partial charge in [-0.05, 0) is 0 Å². The zero-order chi connectivity index (χ0) is 4.12. The third-order valence-corrected chi connectivity index (χ3v) is 0.192. The minimum atomic E-state index is 0. The van der Waals surface area contributed by atoms with E-state index in [2.05, 4.69) is 0 Å². The van der Waals surface area contributed by atoms with Crippen molar-refractivity contribution in [2.45, 2.75) is 6.42 Å². The molecule has 0 atom stereocenters. The van der Waals surface area contributed by atoms with Crippen molar-refractivity contribution < 1.29 is 35.8 Å². The Balaban J connectivity index is 0. The Labute approximate surface area is 55.0 Å². The molecule has 0 heterocycles. The molecule has 0 aliphatic heterocycles. The summed E-state index contributed by atoms with van der Waals surface area (Å²) in [5.74, 6) is 0. The van der Waals surface area contributed by atoms with E-state index in [-0.39, 0.29) is 32.6 Å². The summed E-state index contributed by atoms with van der Waals surface area (Å²) in [6.45, 7) is 0. The first-order valence-electron chi connectivity index (χ1n) is 1.29. The topological polar surface area (TPSA) is 34.1 Å². The van der Waals surface area contributed by atoms with Gasteiger partial charge in [-0.15, -0.1) is 0 Å². The van der Waals surface area contributed by atoms with Gasteiger partial charge in [0.2, 0.25) is 0 Å². The third kappa shape index (κ3) is 8.88. The number of hydrogen-bond donors (Lipinski definition) is 0. The van der Waals surface area contributed by atoms with Gasteiger partial charge in [0.1, 0.15) is 12.6 Å². The van der Waals surface area contributed by atoms with Gasteiger partial charge in [-0.25, -0.2) is 0 Å². The summed E-state index contributed by atoms with van der Waals surface area (Å²) in [6, 6.07) is 0. The average molecular weight is 163 g/mol.